The molecule has 0 saturated heterocycles. The number of nitrogens with zero attached hydrogens (tertiary/aromatic N) is 2. The summed E-state index contributed by atoms with van der Waals surface area (Å²) in [6, 6.07) is 0.185. The smallest absolute Gasteiger partial charge is 0.319 e. The van der Waals surface area contributed by atoms with Crippen molar-refractivity contribution in [2.75, 3.05) is 20.7 Å². The van der Waals surface area contributed by atoms with Gasteiger partial charge in [0.25, 0.3) is 5.91 Å². The zero-order valence-corrected chi connectivity index (χ0v) is 20.3. The van der Waals surface area contributed by atoms with Crippen molar-refractivity contribution >= 4 is 17.8 Å². The van der Waals surface area contributed by atoms with E-state index in [4.69, 9.17) is 15.5 Å². The lowest BCUT2D eigenvalue weighted by Crippen LogP contribution is -2.46. The predicted octanol–water partition coefficient (Wildman–Crippen LogP) is 3.61. The SMILES string of the molecule is CCC[C@H](CC(C)(C)C[C@@]1(CCC2CCCCC2)N=C(N)N(C)C1=O)NCC(=O)OC. The van der Waals surface area contributed by atoms with Crippen LogP contribution < -0.4 is 11.1 Å². The first-order valence-corrected chi connectivity index (χ1v) is 12.1. The van der Waals surface area contributed by atoms with Gasteiger partial charge in [0.15, 0.2) is 5.96 Å². The minimum atomic E-state index is -0.765. The predicted molar refractivity (Wildman–Crippen MR) is 125 cm³/mol. The van der Waals surface area contributed by atoms with Crippen molar-refractivity contribution in [2.24, 2.45) is 22.1 Å². The van der Waals surface area contributed by atoms with Gasteiger partial charge in [0.1, 0.15) is 5.54 Å². The Labute approximate surface area is 188 Å². The molecule has 7 heteroatoms. The van der Waals surface area contributed by atoms with Gasteiger partial charge in [0.2, 0.25) is 0 Å². The number of nitrogens with two attached hydrogens (primary N) is 1. The van der Waals surface area contributed by atoms with Crippen LogP contribution in [0.3, 0.4) is 0 Å². The Hall–Kier alpha value is -1.63. The molecule has 2 aliphatic rings. The molecule has 0 bridgehead atoms. The number of likely N-dealkylation sites (N-methyl/N-ethyl adjacent to an activating group) is 1. The van der Waals surface area contributed by atoms with Gasteiger partial charge in [-0.1, -0.05) is 59.3 Å². The Morgan fingerprint density at radius 3 is 2.58 bits per heavy atom. The Bertz CT molecular complexity index is 643. The number of esters is 1. The number of ether oxygens (including phenoxy) is 1. The number of hydrogen-bond acceptors (Lipinski definition) is 6. The quantitative estimate of drug-likeness (QED) is 0.456. The van der Waals surface area contributed by atoms with Crippen LogP contribution in [-0.2, 0) is 14.3 Å². The average Bonchev–Trinajstić information content (AvgIpc) is 2.94. The number of hydrogen-bond donors (Lipinski definition) is 2. The van der Waals surface area contributed by atoms with Crippen LogP contribution in [0.5, 0.6) is 0 Å². The molecular formula is C24H44N4O3. The summed E-state index contributed by atoms with van der Waals surface area (Å²) in [5.41, 5.74) is 5.20. The highest BCUT2D eigenvalue weighted by Gasteiger charge is 2.49. The molecule has 0 aromatic heterocycles. The second-order valence-electron chi connectivity index (χ2n) is 10.4. The molecule has 1 fully saturated rings. The summed E-state index contributed by atoms with van der Waals surface area (Å²) in [6.07, 6.45) is 11.8. The summed E-state index contributed by atoms with van der Waals surface area (Å²) >= 11 is 0. The Morgan fingerprint density at radius 2 is 2.03 bits per heavy atom. The number of carbonyl (C=O) groups excluding carboxylic acids is 2. The number of methoxy groups -OCH3 is 1. The highest BCUT2D eigenvalue weighted by Crippen LogP contribution is 2.42. The van der Waals surface area contributed by atoms with E-state index in [1.54, 1.807) is 7.05 Å². The second kappa shape index (κ2) is 11.3. The molecule has 1 aliphatic carbocycles. The molecule has 1 saturated carbocycles. The standard InChI is InChI=1S/C24H44N4O3/c1-6-10-19(26-16-20(29)31-5)15-23(2,3)17-24(21(30)28(4)22(25)27-24)14-13-18-11-8-7-9-12-18/h18-19,26H,6-17H2,1-5H3,(H2,25,27)/t19-,24-/m1/s1. The van der Waals surface area contributed by atoms with Crippen molar-refractivity contribution in [3.63, 3.8) is 0 Å². The minimum absolute atomic E-state index is 0.0310. The van der Waals surface area contributed by atoms with Gasteiger partial charge >= 0.3 is 5.97 Å². The van der Waals surface area contributed by atoms with Crippen LogP contribution in [-0.4, -0.2) is 55.0 Å². The number of amides is 1. The summed E-state index contributed by atoms with van der Waals surface area (Å²) in [5, 5.41) is 3.35. The van der Waals surface area contributed by atoms with Crippen molar-refractivity contribution in [2.45, 2.75) is 103 Å². The normalized spacial score (nSPS) is 23.7. The molecule has 0 aromatic carbocycles. The van der Waals surface area contributed by atoms with Gasteiger partial charge in [-0.2, -0.15) is 0 Å². The monoisotopic (exact) mass is 436 g/mol. The molecule has 3 N–H and O–H groups in total. The lowest BCUT2D eigenvalue weighted by molar-refractivity contribution is -0.139. The molecule has 178 valence electrons. The van der Waals surface area contributed by atoms with Gasteiger partial charge in [-0.05, 0) is 43.4 Å². The van der Waals surface area contributed by atoms with E-state index in [-0.39, 0.29) is 29.9 Å². The highest BCUT2D eigenvalue weighted by atomic mass is 16.5. The molecule has 0 aromatic rings. The molecular weight excluding hydrogens is 392 g/mol. The van der Waals surface area contributed by atoms with Crippen LogP contribution in [0, 0.1) is 11.3 Å². The molecule has 1 aliphatic heterocycles. The number of nitrogens with one attached hydrogen (secondary N) is 1. The van der Waals surface area contributed by atoms with Crippen molar-refractivity contribution in [3.05, 3.63) is 0 Å². The van der Waals surface area contributed by atoms with Crippen molar-refractivity contribution < 1.29 is 14.3 Å². The first-order chi connectivity index (χ1) is 14.6. The van der Waals surface area contributed by atoms with E-state index in [9.17, 15) is 9.59 Å². The lowest BCUT2D eigenvalue weighted by Gasteiger charge is -2.37. The van der Waals surface area contributed by atoms with Crippen LogP contribution >= 0.6 is 0 Å². The van der Waals surface area contributed by atoms with Gasteiger partial charge in [0.05, 0.1) is 13.7 Å². The Kier molecular flexibility index (Phi) is 9.34. The van der Waals surface area contributed by atoms with Gasteiger partial charge < -0.3 is 15.8 Å². The van der Waals surface area contributed by atoms with Gasteiger partial charge in [-0.15, -0.1) is 0 Å². The van der Waals surface area contributed by atoms with Crippen molar-refractivity contribution in [1.82, 2.24) is 10.2 Å². The fourth-order valence-corrected chi connectivity index (χ4v) is 5.50. The minimum Gasteiger partial charge on any atom is -0.468 e. The molecule has 0 spiro atoms. The second-order valence-corrected chi connectivity index (χ2v) is 10.4. The summed E-state index contributed by atoms with van der Waals surface area (Å²) in [6.45, 7) is 6.76. The maximum absolute atomic E-state index is 13.3. The summed E-state index contributed by atoms with van der Waals surface area (Å²) < 4.78 is 4.78. The van der Waals surface area contributed by atoms with E-state index in [0.29, 0.717) is 18.3 Å². The zero-order chi connectivity index (χ0) is 23.1. The molecule has 1 amide bonds. The topological polar surface area (TPSA) is 97.0 Å². The molecule has 2 atom stereocenters. The molecule has 7 nitrogen and oxygen atoms in total. The van der Waals surface area contributed by atoms with Crippen molar-refractivity contribution in [3.8, 4) is 0 Å². The van der Waals surface area contributed by atoms with Gasteiger partial charge in [-0.25, -0.2) is 4.99 Å². The van der Waals surface area contributed by atoms with Gasteiger partial charge in [0, 0.05) is 13.1 Å². The molecule has 0 unspecified atom stereocenters. The number of carbonyl (C=O) groups is 2. The maximum Gasteiger partial charge on any atom is 0.319 e. The number of guanidine groups is 1. The van der Waals surface area contributed by atoms with E-state index in [2.05, 4.69) is 26.1 Å². The number of aliphatic imine (C=N–C) groups is 1. The Balaban J connectivity index is 2.11. The van der Waals surface area contributed by atoms with Crippen LogP contribution in [0.1, 0.15) is 91.4 Å². The van der Waals surface area contributed by atoms with E-state index < -0.39 is 5.54 Å². The first kappa shape index (κ1) is 25.6. The highest BCUT2D eigenvalue weighted by molar-refractivity contribution is 6.06. The summed E-state index contributed by atoms with van der Waals surface area (Å²) in [7, 11) is 3.14. The largest absolute Gasteiger partial charge is 0.468 e. The fraction of sp³-hybridized carbons (Fsp3) is 0.875. The fourth-order valence-electron chi connectivity index (χ4n) is 5.50. The third kappa shape index (κ3) is 7.19. The third-order valence-corrected chi connectivity index (χ3v) is 7.04. The van der Waals surface area contributed by atoms with E-state index >= 15 is 0 Å². The summed E-state index contributed by atoms with van der Waals surface area (Å²) in [4.78, 5) is 31.2. The Morgan fingerprint density at radius 1 is 1.35 bits per heavy atom. The van der Waals surface area contributed by atoms with Crippen LogP contribution in [0.2, 0.25) is 0 Å². The van der Waals surface area contributed by atoms with E-state index in [1.165, 1.54) is 44.1 Å². The number of rotatable bonds is 12. The van der Waals surface area contributed by atoms with Crippen molar-refractivity contribution in [1.29, 1.82) is 0 Å². The van der Waals surface area contributed by atoms with Gasteiger partial charge in [-0.3, -0.25) is 14.5 Å². The maximum atomic E-state index is 13.3. The third-order valence-electron chi connectivity index (χ3n) is 7.04. The molecule has 0 radical (unpaired) electrons. The first-order valence-electron chi connectivity index (χ1n) is 12.1. The van der Waals surface area contributed by atoms with Crippen LogP contribution in [0.25, 0.3) is 0 Å². The van der Waals surface area contributed by atoms with Crippen LogP contribution in [0.4, 0.5) is 0 Å². The molecule has 2 rings (SSSR count). The van der Waals surface area contributed by atoms with E-state index in [1.807, 2.05) is 0 Å². The lowest BCUT2D eigenvalue weighted by atomic mass is 9.71. The average molecular weight is 437 g/mol. The molecule has 1 heterocycles. The van der Waals surface area contributed by atoms with Crippen LogP contribution in [0.15, 0.2) is 4.99 Å². The zero-order valence-electron chi connectivity index (χ0n) is 20.3. The van der Waals surface area contributed by atoms with E-state index in [0.717, 1.165) is 32.1 Å². The molecule has 31 heavy (non-hydrogen) atoms. The summed E-state index contributed by atoms with van der Waals surface area (Å²) in [5.74, 6) is 0.799.